The summed E-state index contributed by atoms with van der Waals surface area (Å²) in [6.45, 7) is 11.0. The van der Waals surface area contributed by atoms with E-state index in [2.05, 4.69) is 31.0 Å². The molecule has 100 valence electrons. The summed E-state index contributed by atoms with van der Waals surface area (Å²) in [6, 6.07) is 1.60. The molecule has 4 atom stereocenters. The van der Waals surface area contributed by atoms with Crippen LogP contribution in [0.15, 0.2) is 0 Å². The van der Waals surface area contributed by atoms with Gasteiger partial charge >= 0.3 is 0 Å². The molecule has 1 saturated heterocycles. The number of nitrogens with zero attached hydrogens (tertiary/aromatic N) is 1. The highest BCUT2D eigenvalue weighted by Crippen LogP contribution is 2.30. The maximum absolute atomic E-state index is 3.76. The van der Waals surface area contributed by atoms with Gasteiger partial charge in [0.2, 0.25) is 0 Å². The van der Waals surface area contributed by atoms with Crippen molar-refractivity contribution >= 4 is 0 Å². The predicted octanol–water partition coefficient (Wildman–Crippen LogP) is 2.89. The number of rotatable bonds is 4. The second kappa shape index (κ2) is 6.19. The zero-order valence-electron chi connectivity index (χ0n) is 11.9. The summed E-state index contributed by atoms with van der Waals surface area (Å²) >= 11 is 0. The number of nitrogens with one attached hydrogen (secondary N) is 1. The van der Waals surface area contributed by atoms with E-state index in [1.54, 1.807) is 0 Å². The molecule has 2 rings (SSSR count). The molecule has 4 unspecified atom stereocenters. The molecule has 1 aliphatic heterocycles. The van der Waals surface area contributed by atoms with Crippen LogP contribution in [0, 0.1) is 11.8 Å². The fourth-order valence-corrected chi connectivity index (χ4v) is 3.54. The molecule has 0 aromatic carbocycles. The molecule has 2 aliphatic rings. The lowest BCUT2D eigenvalue weighted by atomic mass is 9.87. The minimum atomic E-state index is 0.774. The van der Waals surface area contributed by atoms with E-state index < -0.39 is 0 Å². The first kappa shape index (κ1) is 13.4. The molecule has 0 bridgehead atoms. The summed E-state index contributed by atoms with van der Waals surface area (Å²) in [6.07, 6.45) is 6.90. The van der Waals surface area contributed by atoms with Crippen molar-refractivity contribution in [2.75, 3.05) is 19.6 Å². The largest absolute Gasteiger partial charge is 0.312 e. The minimum absolute atomic E-state index is 0.774. The van der Waals surface area contributed by atoms with Gasteiger partial charge in [0.15, 0.2) is 0 Å². The van der Waals surface area contributed by atoms with Gasteiger partial charge in [-0.2, -0.15) is 0 Å². The summed E-state index contributed by atoms with van der Waals surface area (Å²) in [5.74, 6) is 1.81. The van der Waals surface area contributed by atoms with Gasteiger partial charge in [-0.3, -0.25) is 4.90 Å². The maximum atomic E-state index is 3.76. The lowest BCUT2D eigenvalue weighted by Crippen LogP contribution is -2.51. The Kier molecular flexibility index (Phi) is 4.87. The third-order valence-electron chi connectivity index (χ3n) is 4.97. The minimum Gasteiger partial charge on any atom is -0.312 e. The summed E-state index contributed by atoms with van der Waals surface area (Å²) < 4.78 is 0. The first-order chi connectivity index (χ1) is 8.22. The van der Waals surface area contributed by atoms with Crippen molar-refractivity contribution < 1.29 is 0 Å². The molecule has 1 aliphatic carbocycles. The van der Waals surface area contributed by atoms with Crippen LogP contribution in [-0.4, -0.2) is 36.6 Å². The highest BCUT2D eigenvalue weighted by Gasteiger charge is 2.34. The van der Waals surface area contributed by atoms with Gasteiger partial charge < -0.3 is 5.32 Å². The summed E-state index contributed by atoms with van der Waals surface area (Å²) in [4.78, 5) is 2.78. The number of hydrogen-bond donors (Lipinski definition) is 1. The molecule has 1 saturated carbocycles. The van der Waals surface area contributed by atoms with E-state index in [9.17, 15) is 0 Å². The number of likely N-dealkylation sites (tertiary alicyclic amines) is 1. The van der Waals surface area contributed by atoms with E-state index >= 15 is 0 Å². The van der Waals surface area contributed by atoms with E-state index in [1.807, 2.05) is 0 Å². The second-order valence-corrected chi connectivity index (χ2v) is 6.30. The lowest BCUT2D eigenvalue weighted by molar-refractivity contribution is 0.0851. The van der Waals surface area contributed by atoms with Crippen LogP contribution in [-0.2, 0) is 0 Å². The Bertz CT molecular complexity index is 229. The summed E-state index contributed by atoms with van der Waals surface area (Å²) in [5, 5.41) is 3.76. The average molecular weight is 238 g/mol. The van der Waals surface area contributed by atoms with Gasteiger partial charge in [-0.15, -0.1) is 0 Å². The maximum Gasteiger partial charge on any atom is 0.0249 e. The molecule has 0 aromatic rings. The SMILES string of the molecule is CCCNC1CCCC1N1CCC(C)C(C)C1. The topological polar surface area (TPSA) is 15.3 Å². The molecule has 0 spiro atoms. The van der Waals surface area contributed by atoms with Crippen LogP contribution in [0.5, 0.6) is 0 Å². The summed E-state index contributed by atoms with van der Waals surface area (Å²) in [7, 11) is 0. The van der Waals surface area contributed by atoms with Crippen LogP contribution < -0.4 is 5.32 Å². The van der Waals surface area contributed by atoms with Crippen molar-refractivity contribution in [3.63, 3.8) is 0 Å². The predicted molar refractivity (Wildman–Crippen MR) is 74.2 cm³/mol. The van der Waals surface area contributed by atoms with E-state index in [4.69, 9.17) is 0 Å². The highest BCUT2D eigenvalue weighted by atomic mass is 15.2. The van der Waals surface area contributed by atoms with Gasteiger partial charge in [-0.1, -0.05) is 27.2 Å². The second-order valence-electron chi connectivity index (χ2n) is 6.30. The molecule has 0 radical (unpaired) electrons. The Hall–Kier alpha value is -0.0800. The molecule has 2 heteroatoms. The zero-order valence-corrected chi connectivity index (χ0v) is 11.9. The number of hydrogen-bond acceptors (Lipinski definition) is 2. The van der Waals surface area contributed by atoms with Gasteiger partial charge in [0.05, 0.1) is 0 Å². The molecule has 0 amide bonds. The normalized spacial score (nSPS) is 39.7. The van der Waals surface area contributed by atoms with Crippen LogP contribution in [0.4, 0.5) is 0 Å². The standard InChI is InChI=1S/C15H30N2/c1-4-9-16-14-6-5-7-15(14)17-10-8-12(2)13(3)11-17/h12-16H,4-11H2,1-3H3. The fraction of sp³-hybridized carbons (Fsp3) is 1.00. The Balaban J connectivity index is 1.87. The molecular weight excluding hydrogens is 208 g/mol. The Labute approximate surface area is 107 Å². The fourth-order valence-electron chi connectivity index (χ4n) is 3.54. The van der Waals surface area contributed by atoms with E-state index in [0.717, 1.165) is 23.9 Å². The van der Waals surface area contributed by atoms with Gasteiger partial charge in [0.25, 0.3) is 0 Å². The third kappa shape index (κ3) is 3.23. The van der Waals surface area contributed by atoms with Crippen LogP contribution in [0.3, 0.4) is 0 Å². The first-order valence-corrected chi connectivity index (χ1v) is 7.69. The monoisotopic (exact) mass is 238 g/mol. The zero-order chi connectivity index (χ0) is 12.3. The van der Waals surface area contributed by atoms with E-state index in [1.165, 1.54) is 51.7 Å². The molecule has 1 heterocycles. The van der Waals surface area contributed by atoms with Gasteiger partial charge in [0, 0.05) is 18.6 Å². The van der Waals surface area contributed by atoms with Gasteiger partial charge in [-0.25, -0.2) is 0 Å². The van der Waals surface area contributed by atoms with E-state index in [-0.39, 0.29) is 0 Å². The van der Waals surface area contributed by atoms with Crippen molar-refractivity contribution in [3.05, 3.63) is 0 Å². The van der Waals surface area contributed by atoms with Crippen LogP contribution in [0.2, 0.25) is 0 Å². The highest BCUT2D eigenvalue weighted by molar-refractivity contribution is 4.92. The molecule has 1 N–H and O–H groups in total. The Morgan fingerprint density at radius 1 is 1.12 bits per heavy atom. The molecule has 17 heavy (non-hydrogen) atoms. The molecular formula is C15H30N2. The molecule has 2 nitrogen and oxygen atoms in total. The van der Waals surface area contributed by atoms with Crippen molar-refractivity contribution in [1.29, 1.82) is 0 Å². The van der Waals surface area contributed by atoms with Crippen LogP contribution in [0.25, 0.3) is 0 Å². The van der Waals surface area contributed by atoms with Crippen LogP contribution in [0.1, 0.15) is 52.9 Å². The Morgan fingerprint density at radius 3 is 2.65 bits per heavy atom. The molecule has 2 fully saturated rings. The van der Waals surface area contributed by atoms with Crippen molar-refractivity contribution in [1.82, 2.24) is 10.2 Å². The number of piperidine rings is 1. The first-order valence-electron chi connectivity index (χ1n) is 7.69. The van der Waals surface area contributed by atoms with Gasteiger partial charge in [-0.05, 0) is 50.6 Å². The summed E-state index contributed by atoms with van der Waals surface area (Å²) in [5.41, 5.74) is 0. The molecule has 0 aromatic heterocycles. The van der Waals surface area contributed by atoms with Crippen molar-refractivity contribution in [2.24, 2.45) is 11.8 Å². The average Bonchev–Trinajstić information content (AvgIpc) is 2.78. The lowest BCUT2D eigenvalue weighted by Gasteiger charge is -2.41. The van der Waals surface area contributed by atoms with Crippen molar-refractivity contribution in [2.45, 2.75) is 65.0 Å². The third-order valence-corrected chi connectivity index (χ3v) is 4.97. The van der Waals surface area contributed by atoms with Crippen molar-refractivity contribution in [3.8, 4) is 0 Å². The smallest absolute Gasteiger partial charge is 0.0249 e. The van der Waals surface area contributed by atoms with Crippen LogP contribution >= 0.6 is 0 Å². The van der Waals surface area contributed by atoms with Gasteiger partial charge in [0.1, 0.15) is 0 Å². The quantitative estimate of drug-likeness (QED) is 0.810. The van der Waals surface area contributed by atoms with E-state index in [0.29, 0.717) is 0 Å². The Morgan fingerprint density at radius 2 is 1.94 bits per heavy atom.